The van der Waals surface area contributed by atoms with E-state index in [1.165, 1.54) is 18.3 Å². The first-order valence-corrected chi connectivity index (χ1v) is 13.4. The summed E-state index contributed by atoms with van der Waals surface area (Å²) in [6, 6.07) is 15.2. The standard InChI is InChI=1S/C28H23Br2N3O6/c1-3-6-19-9-18(15-31-32-28(34)25-13-20-12-21(29)14-23(30)26(20)39-25)11-24(37-4-2)27(19)38-16-17-7-5-8-22(10-17)33(35)36/h3,5,7-15H,1,4,6,16H2,2H3,(H,32,34)/b31-15-. The molecule has 0 spiro atoms. The number of carbonyl (C=O) groups excluding carboxylic acids is 1. The van der Waals surface area contributed by atoms with Crippen molar-refractivity contribution in [1.82, 2.24) is 5.43 Å². The van der Waals surface area contributed by atoms with Gasteiger partial charge in [0, 0.05) is 27.6 Å². The Morgan fingerprint density at radius 1 is 1.18 bits per heavy atom. The molecule has 200 valence electrons. The van der Waals surface area contributed by atoms with E-state index in [0.717, 1.165) is 19.9 Å². The van der Waals surface area contributed by atoms with Crippen molar-refractivity contribution in [3.05, 3.63) is 109 Å². The molecule has 4 rings (SSSR count). The van der Waals surface area contributed by atoms with Crippen LogP contribution in [0.3, 0.4) is 0 Å². The Morgan fingerprint density at radius 3 is 2.74 bits per heavy atom. The topological polar surface area (TPSA) is 116 Å². The number of rotatable bonds is 11. The first-order valence-electron chi connectivity index (χ1n) is 11.8. The van der Waals surface area contributed by atoms with E-state index < -0.39 is 10.8 Å². The van der Waals surface area contributed by atoms with Gasteiger partial charge in [-0.2, -0.15) is 5.10 Å². The molecule has 39 heavy (non-hydrogen) atoms. The number of nitro benzene ring substituents is 1. The molecule has 1 heterocycles. The van der Waals surface area contributed by atoms with Crippen LogP contribution >= 0.6 is 31.9 Å². The lowest BCUT2D eigenvalue weighted by molar-refractivity contribution is -0.384. The van der Waals surface area contributed by atoms with Crippen molar-refractivity contribution in [2.45, 2.75) is 20.0 Å². The summed E-state index contributed by atoms with van der Waals surface area (Å²) in [6.45, 7) is 6.17. The highest BCUT2D eigenvalue weighted by Gasteiger charge is 2.16. The third-order valence-corrected chi connectivity index (χ3v) is 6.51. The Labute approximate surface area is 240 Å². The van der Waals surface area contributed by atoms with Crippen molar-refractivity contribution in [2.24, 2.45) is 5.10 Å². The maximum absolute atomic E-state index is 12.6. The number of amides is 1. The highest BCUT2D eigenvalue weighted by atomic mass is 79.9. The molecule has 0 aliphatic rings. The third kappa shape index (κ3) is 6.92. The van der Waals surface area contributed by atoms with E-state index in [4.69, 9.17) is 13.9 Å². The first kappa shape index (κ1) is 28.1. The molecule has 0 aliphatic carbocycles. The Morgan fingerprint density at radius 2 is 2.00 bits per heavy atom. The van der Waals surface area contributed by atoms with Crippen LogP contribution in [-0.4, -0.2) is 23.7 Å². The van der Waals surface area contributed by atoms with Gasteiger partial charge < -0.3 is 13.9 Å². The molecule has 0 unspecified atom stereocenters. The zero-order valence-corrected chi connectivity index (χ0v) is 24.0. The van der Waals surface area contributed by atoms with Gasteiger partial charge in [0.25, 0.3) is 5.69 Å². The van der Waals surface area contributed by atoms with E-state index in [2.05, 4.69) is 49.0 Å². The fraction of sp³-hybridized carbons (Fsp3) is 0.143. The highest BCUT2D eigenvalue weighted by Crippen LogP contribution is 2.35. The molecular formula is C28H23Br2N3O6. The summed E-state index contributed by atoms with van der Waals surface area (Å²) in [5.41, 5.74) is 5.12. The van der Waals surface area contributed by atoms with Crippen molar-refractivity contribution in [3.8, 4) is 11.5 Å². The summed E-state index contributed by atoms with van der Waals surface area (Å²) in [7, 11) is 0. The van der Waals surface area contributed by atoms with Crippen LogP contribution in [-0.2, 0) is 13.0 Å². The number of hydrazone groups is 1. The average molecular weight is 657 g/mol. The predicted molar refractivity (Wildman–Crippen MR) is 156 cm³/mol. The van der Waals surface area contributed by atoms with Gasteiger partial charge in [0.2, 0.25) is 0 Å². The van der Waals surface area contributed by atoms with E-state index in [9.17, 15) is 14.9 Å². The molecule has 0 fully saturated rings. The van der Waals surface area contributed by atoms with Crippen LogP contribution in [0.15, 0.2) is 85.7 Å². The number of furan rings is 1. The second-order valence-electron chi connectivity index (χ2n) is 8.26. The van der Waals surface area contributed by atoms with Gasteiger partial charge in [0.1, 0.15) is 12.2 Å². The molecule has 0 saturated carbocycles. The van der Waals surface area contributed by atoms with Crippen molar-refractivity contribution in [3.63, 3.8) is 0 Å². The van der Waals surface area contributed by atoms with Crippen LogP contribution in [0.25, 0.3) is 11.0 Å². The molecule has 1 N–H and O–H groups in total. The van der Waals surface area contributed by atoms with Crippen LogP contribution < -0.4 is 14.9 Å². The number of carbonyl (C=O) groups is 1. The molecule has 1 aromatic heterocycles. The largest absolute Gasteiger partial charge is 0.490 e. The van der Waals surface area contributed by atoms with Gasteiger partial charge in [-0.1, -0.05) is 34.1 Å². The predicted octanol–water partition coefficient (Wildman–Crippen LogP) is 7.34. The quantitative estimate of drug-likeness (QED) is 0.0782. The molecule has 0 radical (unpaired) electrons. The molecule has 1 amide bonds. The highest BCUT2D eigenvalue weighted by molar-refractivity contribution is 9.11. The molecule has 3 aromatic carbocycles. The van der Waals surface area contributed by atoms with Crippen LogP contribution in [0.2, 0.25) is 0 Å². The number of fused-ring (bicyclic) bond motifs is 1. The lowest BCUT2D eigenvalue weighted by Crippen LogP contribution is -2.16. The maximum Gasteiger partial charge on any atom is 0.307 e. The van der Waals surface area contributed by atoms with Gasteiger partial charge in [0.15, 0.2) is 17.3 Å². The monoisotopic (exact) mass is 655 g/mol. The van der Waals surface area contributed by atoms with Gasteiger partial charge in [0.05, 0.1) is 22.2 Å². The minimum Gasteiger partial charge on any atom is -0.490 e. The molecule has 0 aliphatic heterocycles. The Balaban J connectivity index is 1.54. The van der Waals surface area contributed by atoms with E-state index in [1.54, 1.807) is 30.3 Å². The van der Waals surface area contributed by atoms with Crippen molar-refractivity contribution < 1.29 is 23.6 Å². The minimum absolute atomic E-state index is 0.01000. The maximum atomic E-state index is 12.6. The molecule has 4 aromatic rings. The average Bonchev–Trinajstić information content (AvgIpc) is 3.33. The van der Waals surface area contributed by atoms with Crippen molar-refractivity contribution in [2.75, 3.05) is 6.61 Å². The summed E-state index contributed by atoms with van der Waals surface area (Å²) in [6.07, 6.45) is 3.69. The summed E-state index contributed by atoms with van der Waals surface area (Å²) in [5.74, 6) is 0.596. The lowest BCUT2D eigenvalue weighted by Gasteiger charge is -2.16. The Bertz CT molecular complexity index is 1580. The number of halogens is 2. The third-order valence-electron chi connectivity index (χ3n) is 5.46. The van der Waals surface area contributed by atoms with Gasteiger partial charge >= 0.3 is 5.91 Å². The Kier molecular flexibility index (Phi) is 9.15. The summed E-state index contributed by atoms with van der Waals surface area (Å²) >= 11 is 6.85. The summed E-state index contributed by atoms with van der Waals surface area (Å²) in [4.78, 5) is 23.3. The van der Waals surface area contributed by atoms with Crippen LogP contribution in [0.1, 0.15) is 34.2 Å². The van der Waals surface area contributed by atoms with Crippen LogP contribution in [0, 0.1) is 10.1 Å². The molecule has 11 heteroatoms. The number of benzene rings is 3. The zero-order valence-electron chi connectivity index (χ0n) is 20.8. The van der Waals surface area contributed by atoms with Gasteiger partial charge in [-0.25, -0.2) is 5.43 Å². The SMILES string of the molecule is C=CCc1cc(/C=N\NC(=O)c2cc3cc(Br)cc(Br)c3o2)cc(OCC)c1OCc1cccc([N+](=O)[O-])c1. The van der Waals surface area contributed by atoms with E-state index in [-0.39, 0.29) is 18.1 Å². The molecule has 9 nitrogen and oxygen atoms in total. The van der Waals surface area contributed by atoms with Gasteiger partial charge in [-0.05, 0) is 70.7 Å². The number of hydrogen-bond donors (Lipinski definition) is 1. The number of non-ortho nitro benzene ring substituents is 1. The summed E-state index contributed by atoms with van der Waals surface area (Å²) < 4.78 is 19.2. The normalized spacial score (nSPS) is 11.1. The summed E-state index contributed by atoms with van der Waals surface area (Å²) in [5, 5.41) is 16.0. The van der Waals surface area contributed by atoms with Gasteiger partial charge in [-0.3, -0.25) is 14.9 Å². The smallest absolute Gasteiger partial charge is 0.307 e. The van der Waals surface area contributed by atoms with E-state index in [1.807, 2.05) is 25.1 Å². The Hall–Kier alpha value is -3.96. The number of hydrogen-bond acceptors (Lipinski definition) is 7. The number of nitro groups is 1. The lowest BCUT2D eigenvalue weighted by atomic mass is 10.1. The fourth-order valence-corrected chi connectivity index (χ4v) is 5.15. The molecule has 0 atom stereocenters. The zero-order chi connectivity index (χ0) is 27.9. The minimum atomic E-state index is -0.501. The number of nitrogens with zero attached hydrogens (tertiary/aromatic N) is 2. The van der Waals surface area contributed by atoms with Crippen LogP contribution in [0.5, 0.6) is 11.5 Å². The van der Waals surface area contributed by atoms with Crippen LogP contribution in [0.4, 0.5) is 5.69 Å². The molecule has 0 saturated heterocycles. The van der Waals surface area contributed by atoms with Crippen molar-refractivity contribution >= 4 is 60.6 Å². The van der Waals surface area contributed by atoms with E-state index >= 15 is 0 Å². The van der Waals surface area contributed by atoms with Crippen molar-refractivity contribution in [1.29, 1.82) is 0 Å². The second-order valence-corrected chi connectivity index (χ2v) is 10.0. The fourth-order valence-electron chi connectivity index (χ4n) is 3.82. The number of nitrogens with one attached hydrogen (secondary N) is 1. The first-order chi connectivity index (χ1) is 18.8. The number of ether oxygens (including phenoxy) is 2. The number of allylic oxidation sites excluding steroid dienone is 1. The second kappa shape index (κ2) is 12.7. The van der Waals surface area contributed by atoms with E-state index in [0.29, 0.717) is 41.2 Å². The molecule has 0 bridgehead atoms. The van der Waals surface area contributed by atoms with Gasteiger partial charge in [-0.15, -0.1) is 6.58 Å². The molecular weight excluding hydrogens is 634 g/mol.